The van der Waals surface area contributed by atoms with E-state index in [9.17, 15) is 5.11 Å². The summed E-state index contributed by atoms with van der Waals surface area (Å²) in [4.78, 5) is 2.33. The quantitative estimate of drug-likeness (QED) is 0.812. The third-order valence-corrected chi connectivity index (χ3v) is 3.36. The Hall–Kier alpha value is -1.06. The third-order valence-electron chi connectivity index (χ3n) is 3.36. The molecular weight excluding hydrogens is 226 g/mol. The van der Waals surface area contributed by atoms with Crippen molar-refractivity contribution in [1.82, 2.24) is 4.90 Å². The average Bonchev–Trinajstić information content (AvgIpc) is 2.35. The molecule has 0 aliphatic carbocycles. The van der Waals surface area contributed by atoms with Crippen LogP contribution in [-0.4, -0.2) is 42.4 Å². The highest BCUT2D eigenvalue weighted by atomic mass is 16.5. The van der Waals surface area contributed by atoms with E-state index in [1.54, 1.807) is 0 Å². The highest BCUT2D eigenvalue weighted by molar-refractivity contribution is 5.27. The van der Waals surface area contributed by atoms with Crippen molar-refractivity contribution in [2.75, 3.05) is 26.2 Å². The molecule has 1 unspecified atom stereocenters. The molecule has 18 heavy (non-hydrogen) atoms. The summed E-state index contributed by atoms with van der Waals surface area (Å²) in [5.74, 6) is 0.952. The Kier molecular flexibility index (Phi) is 5.02. The molecule has 1 aromatic carbocycles. The Morgan fingerprint density at radius 2 is 2.33 bits per heavy atom. The van der Waals surface area contributed by atoms with Gasteiger partial charge in [0.05, 0.1) is 12.7 Å². The first-order valence-electron chi connectivity index (χ1n) is 6.84. The number of nitrogens with zero attached hydrogens (tertiary/aromatic N) is 1. The molecule has 1 atom stereocenters. The summed E-state index contributed by atoms with van der Waals surface area (Å²) in [5.41, 5.74) is 1.23. The molecule has 0 bridgehead atoms. The molecule has 0 saturated carbocycles. The normalized spacial score (nSPS) is 20.9. The van der Waals surface area contributed by atoms with Crippen molar-refractivity contribution in [2.45, 2.75) is 32.3 Å². The second-order valence-electron chi connectivity index (χ2n) is 5.12. The van der Waals surface area contributed by atoms with Crippen LogP contribution in [0.3, 0.4) is 0 Å². The van der Waals surface area contributed by atoms with Gasteiger partial charge in [0, 0.05) is 13.1 Å². The summed E-state index contributed by atoms with van der Waals surface area (Å²) in [6.45, 7) is 5.77. The van der Waals surface area contributed by atoms with Crippen molar-refractivity contribution in [2.24, 2.45) is 0 Å². The van der Waals surface area contributed by atoms with E-state index < -0.39 is 0 Å². The summed E-state index contributed by atoms with van der Waals surface area (Å²) < 4.78 is 5.72. The SMILES string of the molecule is Cc1cccc(OCCCN2CCCC(O)C2)c1. The zero-order valence-electron chi connectivity index (χ0n) is 11.1. The van der Waals surface area contributed by atoms with Crippen LogP contribution >= 0.6 is 0 Å². The molecule has 0 spiro atoms. The van der Waals surface area contributed by atoms with Crippen LogP contribution in [0.15, 0.2) is 24.3 Å². The van der Waals surface area contributed by atoms with Gasteiger partial charge in [-0.1, -0.05) is 12.1 Å². The van der Waals surface area contributed by atoms with E-state index in [4.69, 9.17) is 4.74 Å². The number of aliphatic hydroxyl groups excluding tert-OH is 1. The van der Waals surface area contributed by atoms with Crippen molar-refractivity contribution in [3.05, 3.63) is 29.8 Å². The number of hydrogen-bond donors (Lipinski definition) is 1. The van der Waals surface area contributed by atoms with Gasteiger partial charge in [0.2, 0.25) is 0 Å². The lowest BCUT2D eigenvalue weighted by atomic mass is 10.1. The molecule has 0 aromatic heterocycles. The number of piperidine rings is 1. The second-order valence-corrected chi connectivity index (χ2v) is 5.12. The number of aryl methyl sites for hydroxylation is 1. The van der Waals surface area contributed by atoms with Gasteiger partial charge in [0.25, 0.3) is 0 Å². The molecule has 0 amide bonds. The van der Waals surface area contributed by atoms with Crippen LogP contribution in [0.25, 0.3) is 0 Å². The van der Waals surface area contributed by atoms with Gasteiger partial charge in [0.15, 0.2) is 0 Å². The van der Waals surface area contributed by atoms with Crippen molar-refractivity contribution >= 4 is 0 Å². The van der Waals surface area contributed by atoms with Crippen molar-refractivity contribution in [3.63, 3.8) is 0 Å². The lowest BCUT2D eigenvalue weighted by Crippen LogP contribution is -2.39. The van der Waals surface area contributed by atoms with Crippen LogP contribution in [0.1, 0.15) is 24.8 Å². The number of ether oxygens (including phenoxy) is 1. The molecule has 1 aliphatic heterocycles. The van der Waals surface area contributed by atoms with Gasteiger partial charge in [0.1, 0.15) is 5.75 Å². The van der Waals surface area contributed by atoms with Crippen molar-refractivity contribution in [1.29, 1.82) is 0 Å². The summed E-state index contributed by atoms with van der Waals surface area (Å²) >= 11 is 0. The first-order chi connectivity index (χ1) is 8.74. The fraction of sp³-hybridized carbons (Fsp3) is 0.600. The lowest BCUT2D eigenvalue weighted by Gasteiger charge is -2.29. The summed E-state index contributed by atoms with van der Waals surface area (Å²) in [7, 11) is 0. The predicted octanol–water partition coefficient (Wildman–Crippen LogP) is 2.22. The van der Waals surface area contributed by atoms with Crippen molar-refractivity contribution < 1.29 is 9.84 Å². The molecule has 0 radical (unpaired) electrons. The van der Waals surface area contributed by atoms with E-state index in [1.165, 1.54) is 5.56 Å². The molecule has 1 aliphatic rings. The summed E-state index contributed by atoms with van der Waals surface area (Å²) in [6.07, 6.45) is 2.95. The Balaban J connectivity index is 1.64. The van der Waals surface area contributed by atoms with Gasteiger partial charge in [-0.3, -0.25) is 0 Å². The van der Waals surface area contributed by atoms with E-state index in [2.05, 4.69) is 24.0 Å². The van der Waals surface area contributed by atoms with Crippen LogP contribution in [0, 0.1) is 6.92 Å². The monoisotopic (exact) mass is 249 g/mol. The third kappa shape index (κ3) is 4.31. The number of β-amino-alcohol motifs (C(OH)–C–C–N with tert-alkyl or cyclic N) is 1. The van der Waals surface area contributed by atoms with E-state index in [0.29, 0.717) is 0 Å². The fourth-order valence-corrected chi connectivity index (χ4v) is 2.42. The average molecular weight is 249 g/mol. The second kappa shape index (κ2) is 6.76. The maximum absolute atomic E-state index is 9.57. The van der Waals surface area contributed by atoms with Gasteiger partial charge in [-0.2, -0.15) is 0 Å². The molecule has 1 saturated heterocycles. The lowest BCUT2D eigenvalue weighted by molar-refractivity contribution is 0.0679. The topological polar surface area (TPSA) is 32.7 Å². The smallest absolute Gasteiger partial charge is 0.119 e. The maximum atomic E-state index is 9.57. The first kappa shape index (κ1) is 13.4. The maximum Gasteiger partial charge on any atom is 0.119 e. The van der Waals surface area contributed by atoms with Gasteiger partial charge >= 0.3 is 0 Å². The minimum absolute atomic E-state index is 0.128. The molecule has 1 heterocycles. The molecule has 1 aromatic rings. The minimum Gasteiger partial charge on any atom is -0.494 e. The molecule has 3 nitrogen and oxygen atoms in total. The number of likely N-dealkylation sites (tertiary alicyclic amines) is 1. The molecule has 3 heteroatoms. The Bertz CT molecular complexity index is 367. The zero-order chi connectivity index (χ0) is 12.8. The molecule has 100 valence electrons. The number of benzene rings is 1. The molecule has 2 rings (SSSR count). The highest BCUT2D eigenvalue weighted by Gasteiger charge is 2.16. The van der Waals surface area contributed by atoms with E-state index in [-0.39, 0.29) is 6.10 Å². The Morgan fingerprint density at radius 3 is 3.11 bits per heavy atom. The van der Waals surface area contributed by atoms with Crippen LogP contribution < -0.4 is 4.74 Å². The first-order valence-corrected chi connectivity index (χ1v) is 6.84. The predicted molar refractivity (Wildman–Crippen MR) is 73.0 cm³/mol. The number of aliphatic hydroxyl groups is 1. The number of rotatable bonds is 5. The van der Waals surface area contributed by atoms with E-state index >= 15 is 0 Å². The molecule has 1 fully saturated rings. The standard InChI is InChI=1S/C15H23NO2/c1-13-5-2-7-15(11-13)18-10-4-9-16-8-3-6-14(17)12-16/h2,5,7,11,14,17H,3-4,6,8-10,12H2,1H3. The number of hydrogen-bond acceptors (Lipinski definition) is 3. The Morgan fingerprint density at radius 1 is 1.44 bits per heavy atom. The largest absolute Gasteiger partial charge is 0.494 e. The van der Waals surface area contributed by atoms with Crippen LogP contribution in [0.4, 0.5) is 0 Å². The molecule has 1 N–H and O–H groups in total. The zero-order valence-corrected chi connectivity index (χ0v) is 11.1. The van der Waals surface area contributed by atoms with E-state index in [0.717, 1.165) is 51.3 Å². The minimum atomic E-state index is -0.128. The van der Waals surface area contributed by atoms with Crippen LogP contribution in [0.5, 0.6) is 5.75 Å². The summed E-state index contributed by atoms with van der Waals surface area (Å²) in [5, 5.41) is 9.57. The Labute approximate surface area is 109 Å². The van der Waals surface area contributed by atoms with Gasteiger partial charge in [-0.25, -0.2) is 0 Å². The highest BCUT2D eigenvalue weighted by Crippen LogP contribution is 2.13. The van der Waals surface area contributed by atoms with Gasteiger partial charge in [-0.15, -0.1) is 0 Å². The van der Waals surface area contributed by atoms with Gasteiger partial charge in [-0.05, 0) is 50.4 Å². The fourth-order valence-electron chi connectivity index (χ4n) is 2.42. The van der Waals surface area contributed by atoms with Crippen LogP contribution in [-0.2, 0) is 0 Å². The van der Waals surface area contributed by atoms with Crippen LogP contribution in [0.2, 0.25) is 0 Å². The summed E-state index contributed by atoms with van der Waals surface area (Å²) in [6, 6.07) is 8.15. The molecular formula is C15H23NO2. The van der Waals surface area contributed by atoms with E-state index in [1.807, 2.05) is 12.1 Å². The van der Waals surface area contributed by atoms with Gasteiger partial charge < -0.3 is 14.7 Å². The van der Waals surface area contributed by atoms with Crippen molar-refractivity contribution in [3.8, 4) is 5.75 Å².